The van der Waals surface area contributed by atoms with Gasteiger partial charge in [-0.3, -0.25) is 4.98 Å². The molecule has 0 aliphatic rings. The smallest absolute Gasteiger partial charge is 0.123 e. The van der Waals surface area contributed by atoms with E-state index in [0.29, 0.717) is 6.54 Å². The van der Waals surface area contributed by atoms with Crippen LogP contribution >= 0.6 is 0 Å². The van der Waals surface area contributed by atoms with E-state index in [1.807, 2.05) is 35.9 Å². The van der Waals surface area contributed by atoms with Crippen molar-refractivity contribution < 1.29 is 9.50 Å². The number of fused-ring (bicyclic) bond motifs is 1. The molecule has 2 unspecified atom stereocenters. The van der Waals surface area contributed by atoms with Crippen molar-refractivity contribution in [3.63, 3.8) is 0 Å². The van der Waals surface area contributed by atoms with Gasteiger partial charge in [0, 0.05) is 24.3 Å². The van der Waals surface area contributed by atoms with Crippen molar-refractivity contribution in [1.29, 1.82) is 0 Å². The molecule has 1 aromatic carbocycles. The Balaban J connectivity index is 2.18. The largest absolute Gasteiger partial charge is 0.389 e. The second-order valence-corrected chi connectivity index (χ2v) is 5.68. The fourth-order valence-electron chi connectivity index (χ4n) is 3.10. The second kappa shape index (κ2) is 6.48. The van der Waals surface area contributed by atoms with Gasteiger partial charge in [-0.1, -0.05) is 12.1 Å². The summed E-state index contributed by atoms with van der Waals surface area (Å²) in [6.07, 6.45) is 2.99. The SMILES string of the molecule is CNCC(O)C(c1cccc(F)c1)n1ccc2ccnc(C)c21. The number of benzene rings is 1. The van der Waals surface area contributed by atoms with Crippen molar-refractivity contribution in [2.45, 2.75) is 19.1 Å². The third-order valence-corrected chi connectivity index (χ3v) is 4.08. The van der Waals surface area contributed by atoms with Crippen LogP contribution in [0.5, 0.6) is 0 Å². The number of aliphatic hydroxyl groups excluding tert-OH is 1. The van der Waals surface area contributed by atoms with Crippen LogP contribution in [0.4, 0.5) is 4.39 Å². The van der Waals surface area contributed by atoms with Gasteiger partial charge in [-0.05, 0) is 43.8 Å². The molecule has 0 radical (unpaired) electrons. The molecule has 4 nitrogen and oxygen atoms in total. The Bertz CT molecular complexity index is 815. The maximum absolute atomic E-state index is 13.7. The summed E-state index contributed by atoms with van der Waals surface area (Å²) in [5.74, 6) is -0.310. The average molecular weight is 313 g/mol. The van der Waals surface area contributed by atoms with Crippen LogP contribution in [0.1, 0.15) is 17.3 Å². The Labute approximate surface area is 134 Å². The Morgan fingerprint density at radius 3 is 2.87 bits per heavy atom. The van der Waals surface area contributed by atoms with Crippen LogP contribution in [0.3, 0.4) is 0 Å². The van der Waals surface area contributed by atoms with Crippen LogP contribution in [0.25, 0.3) is 10.9 Å². The van der Waals surface area contributed by atoms with Crippen LogP contribution in [-0.2, 0) is 0 Å². The zero-order valence-corrected chi connectivity index (χ0v) is 13.2. The van der Waals surface area contributed by atoms with E-state index >= 15 is 0 Å². The number of halogens is 1. The van der Waals surface area contributed by atoms with E-state index in [-0.39, 0.29) is 5.82 Å². The van der Waals surface area contributed by atoms with Crippen molar-refractivity contribution >= 4 is 10.9 Å². The quantitative estimate of drug-likeness (QED) is 0.761. The first-order valence-corrected chi connectivity index (χ1v) is 7.62. The first-order chi connectivity index (χ1) is 11.1. The van der Waals surface area contributed by atoms with Gasteiger partial charge in [0.1, 0.15) is 5.82 Å². The lowest BCUT2D eigenvalue weighted by molar-refractivity contribution is 0.132. The maximum Gasteiger partial charge on any atom is 0.123 e. The summed E-state index contributed by atoms with van der Waals surface area (Å²) < 4.78 is 15.7. The Morgan fingerprint density at radius 1 is 1.30 bits per heavy atom. The number of pyridine rings is 1. The van der Waals surface area contributed by atoms with Gasteiger partial charge in [-0.2, -0.15) is 0 Å². The summed E-state index contributed by atoms with van der Waals surface area (Å²) in [5, 5.41) is 14.7. The average Bonchev–Trinajstić information content (AvgIpc) is 2.93. The lowest BCUT2D eigenvalue weighted by Gasteiger charge is -2.26. The first kappa shape index (κ1) is 15.6. The molecule has 0 saturated heterocycles. The summed E-state index contributed by atoms with van der Waals surface area (Å²) in [6, 6.07) is 9.92. The molecule has 5 heteroatoms. The molecule has 2 aromatic heterocycles. The molecule has 3 rings (SSSR count). The molecule has 23 heavy (non-hydrogen) atoms. The molecule has 2 heterocycles. The fourth-order valence-corrected chi connectivity index (χ4v) is 3.10. The monoisotopic (exact) mass is 313 g/mol. The highest BCUT2D eigenvalue weighted by Crippen LogP contribution is 2.29. The van der Waals surface area contributed by atoms with Crippen LogP contribution < -0.4 is 5.32 Å². The Kier molecular flexibility index (Phi) is 4.41. The molecule has 2 atom stereocenters. The van der Waals surface area contributed by atoms with Gasteiger partial charge in [0.15, 0.2) is 0 Å². The molecule has 0 fully saturated rings. The number of aliphatic hydroxyl groups is 1. The number of nitrogens with zero attached hydrogens (tertiary/aromatic N) is 2. The van der Waals surface area contributed by atoms with Crippen LogP contribution in [0.15, 0.2) is 48.8 Å². The number of hydrogen-bond acceptors (Lipinski definition) is 3. The molecular weight excluding hydrogens is 293 g/mol. The standard InChI is InChI=1S/C18H20FN3O/c1-12-17-13(6-8-21-12)7-9-22(17)18(16(23)11-20-2)14-4-3-5-15(19)10-14/h3-10,16,18,20,23H,11H2,1-2H3. The number of rotatable bonds is 5. The van der Waals surface area contributed by atoms with Gasteiger partial charge >= 0.3 is 0 Å². The number of aryl methyl sites for hydroxylation is 1. The van der Waals surface area contributed by atoms with Crippen LogP contribution in [0, 0.1) is 12.7 Å². The highest BCUT2D eigenvalue weighted by molar-refractivity contribution is 5.82. The summed E-state index contributed by atoms with van der Waals surface area (Å²) in [5.41, 5.74) is 2.57. The molecular formula is C18H20FN3O. The second-order valence-electron chi connectivity index (χ2n) is 5.68. The zero-order chi connectivity index (χ0) is 16.4. The summed E-state index contributed by atoms with van der Waals surface area (Å²) in [7, 11) is 1.78. The minimum Gasteiger partial charge on any atom is -0.389 e. The van der Waals surface area contributed by atoms with Gasteiger partial charge in [0.05, 0.1) is 23.4 Å². The van der Waals surface area contributed by atoms with E-state index < -0.39 is 12.1 Å². The van der Waals surface area contributed by atoms with E-state index in [2.05, 4.69) is 10.3 Å². The third-order valence-electron chi connectivity index (χ3n) is 4.08. The van der Waals surface area contributed by atoms with Gasteiger partial charge < -0.3 is 15.0 Å². The number of likely N-dealkylation sites (N-methyl/N-ethyl adjacent to an activating group) is 1. The lowest BCUT2D eigenvalue weighted by Crippen LogP contribution is -2.33. The highest BCUT2D eigenvalue weighted by Gasteiger charge is 2.24. The first-order valence-electron chi connectivity index (χ1n) is 7.62. The van der Waals surface area contributed by atoms with Crippen LogP contribution in [0.2, 0.25) is 0 Å². The van der Waals surface area contributed by atoms with Gasteiger partial charge in [0.2, 0.25) is 0 Å². The Hall–Kier alpha value is -2.24. The van der Waals surface area contributed by atoms with Crippen molar-refractivity contribution in [2.24, 2.45) is 0 Å². The highest BCUT2D eigenvalue weighted by atomic mass is 19.1. The number of hydrogen-bond donors (Lipinski definition) is 2. The topological polar surface area (TPSA) is 50.1 Å². The predicted octanol–water partition coefficient (Wildman–Crippen LogP) is 2.65. The number of nitrogens with one attached hydrogen (secondary N) is 1. The van der Waals surface area contributed by atoms with Crippen molar-refractivity contribution in [1.82, 2.24) is 14.9 Å². The molecule has 120 valence electrons. The maximum atomic E-state index is 13.7. The van der Waals surface area contributed by atoms with E-state index in [4.69, 9.17) is 0 Å². The van der Waals surface area contributed by atoms with Gasteiger partial charge in [-0.15, -0.1) is 0 Å². The predicted molar refractivity (Wildman–Crippen MR) is 88.9 cm³/mol. The molecule has 0 saturated carbocycles. The summed E-state index contributed by atoms with van der Waals surface area (Å²) >= 11 is 0. The Morgan fingerprint density at radius 2 is 2.13 bits per heavy atom. The fraction of sp³-hybridized carbons (Fsp3) is 0.278. The van der Waals surface area contributed by atoms with Gasteiger partial charge in [0.25, 0.3) is 0 Å². The summed E-state index contributed by atoms with van der Waals surface area (Å²) in [6.45, 7) is 2.34. The van der Waals surface area contributed by atoms with Gasteiger partial charge in [-0.25, -0.2) is 4.39 Å². The minimum absolute atomic E-state index is 0.310. The van der Waals surface area contributed by atoms with E-state index in [1.54, 1.807) is 19.3 Å². The molecule has 0 bridgehead atoms. The molecule has 0 spiro atoms. The van der Waals surface area contributed by atoms with Crippen LogP contribution in [-0.4, -0.2) is 34.4 Å². The normalized spacial score (nSPS) is 14.1. The number of aromatic nitrogens is 2. The van der Waals surface area contributed by atoms with E-state index in [0.717, 1.165) is 22.2 Å². The molecule has 0 amide bonds. The van der Waals surface area contributed by atoms with E-state index in [9.17, 15) is 9.50 Å². The molecule has 0 aliphatic heterocycles. The molecule has 3 aromatic rings. The molecule has 2 N–H and O–H groups in total. The van der Waals surface area contributed by atoms with Crippen molar-refractivity contribution in [3.05, 3.63) is 65.9 Å². The lowest BCUT2D eigenvalue weighted by atomic mass is 10.0. The van der Waals surface area contributed by atoms with E-state index in [1.165, 1.54) is 12.1 Å². The van der Waals surface area contributed by atoms with Crippen molar-refractivity contribution in [3.8, 4) is 0 Å². The summed E-state index contributed by atoms with van der Waals surface area (Å²) in [4.78, 5) is 4.35. The zero-order valence-electron chi connectivity index (χ0n) is 13.2. The van der Waals surface area contributed by atoms with Crippen molar-refractivity contribution in [2.75, 3.05) is 13.6 Å². The molecule has 0 aliphatic carbocycles. The minimum atomic E-state index is -0.697. The third kappa shape index (κ3) is 2.98.